The molecule has 0 bridgehead atoms. The first-order chi connectivity index (χ1) is 9.27. The molecule has 1 aromatic rings. The Morgan fingerprint density at radius 1 is 1.11 bits per heavy atom. The lowest BCUT2D eigenvalue weighted by atomic mass is 9.98. The van der Waals surface area contributed by atoms with Crippen molar-refractivity contribution in [2.45, 2.75) is 31.5 Å². The zero-order valence-corrected chi connectivity index (χ0v) is 11.7. The predicted molar refractivity (Wildman–Crippen MR) is 75.2 cm³/mol. The Balaban J connectivity index is 1.52. The van der Waals surface area contributed by atoms with Gasteiger partial charge in [0.25, 0.3) is 0 Å². The molecule has 2 fully saturated rings. The van der Waals surface area contributed by atoms with Crippen molar-refractivity contribution in [2.24, 2.45) is 0 Å². The van der Waals surface area contributed by atoms with Gasteiger partial charge in [0.1, 0.15) is 0 Å². The second kappa shape index (κ2) is 5.61. The minimum atomic E-state index is -0.244. The van der Waals surface area contributed by atoms with Crippen molar-refractivity contribution in [3.05, 3.63) is 35.9 Å². The molecule has 1 spiro atoms. The Morgan fingerprint density at radius 2 is 1.74 bits per heavy atom. The summed E-state index contributed by atoms with van der Waals surface area (Å²) < 4.78 is 11.5. The summed E-state index contributed by atoms with van der Waals surface area (Å²) in [6.45, 7) is 7.12. The summed E-state index contributed by atoms with van der Waals surface area (Å²) in [6, 6.07) is 10.8. The molecule has 2 saturated heterocycles. The van der Waals surface area contributed by atoms with E-state index in [1.54, 1.807) is 0 Å². The van der Waals surface area contributed by atoms with Gasteiger partial charge in [0.15, 0.2) is 5.79 Å². The van der Waals surface area contributed by atoms with Gasteiger partial charge in [0, 0.05) is 32.5 Å². The molecule has 3 heteroatoms. The fraction of sp³-hybridized carbons (Fsp3) is 0.625. The van der Waals surface area contributed by atoms with Crippen molar-refractivity contribution in [1.29, 1.82) is 0 Å². The lowest BCUT2D eigenvalue weighted by Gasteiger charge is -2.38. The van der Waals surface area contributed by atoms with Gasteiger partial charge in [0.2, 0.25) is 0 Å². The van der Waals surface area contributed by atoms with E-state index in [4.69, 9.17) is 9.47 Å². The van der Waals surface area contributed by atoms with Crippen molar-refractivity contribution in [1.82, 2.24) is 4.90 Å². The molecule has 0 saturated carbocycles. The number of rotatable bonds is 3. The normalized spacial score (nSPS) is 24.7. The van der Waals surface area contributed by atoms with E-state index < -0.39 is 0 Å². The highest BCUT2D eigenvalue weighted by Crippen LogP contribution is 2.32. The quantitative estimate of drug-likeness (QED) is 0.835. The van der Waals surface area contributed by atoms with Gasteiger partial charge in [-0.25, -0.2) is 0 Å². The van der Waals surface area contributed by atoms with Crippen molar-refractivity contribution in [3.8, 4) is 0 Å². The molecule has 0 aliphatic carbocycles. The van der Waals surface area contributed by atoms with Gasteiger partial charge in [-0.1, -0.05) is 37.3 Å². The van der Waals surface area contributed by atoms with E-state index in [0.29, 0.717) is 5.92 Å². The average Bonchev–Trinajstić information content (AvgIpc) is 2.91. The molecule has 1 atom stereocenters. The van der Waals surface area contributed by atoms with Crippen LogP contribution < -0.4 is 0 Å². The highest BCUT2D eigenvalue weighted by molar-refractivity contribution is 5.19. The Kier molecular flexibility index (Phi) is 3.87. The zero-order chi connectivity index (χ0) is 13.1. The average molecular weight is 261 g/mol. The monoisotopic (exact) mass is 261 g/mol. The maximum absolute atomic E-state index is 5.77. The van der Waals surface area contributed by atoms with Crippen LogP contribution in [0.1, 0.15) is 31.2 Å². The first-order valence-electron chi connectivity index (χ1n) is 7.33. The maximum Gasteiger partial charge on any atom is 0.170 e. The van der Waals surface area contributed by atoms with Crippen LogP contribution in [0.5, 0.6) is 0 Å². The second-order valence-electron chi connectivity index (χ2n) is 5.72. The van der Waals surface area contributed by atoms with Crippen LogP contribution in [-0.2, 0) is 9.47 Å². The summed E-state index contributed by atoms with van der Waals surface area (Å²) in [5, 5.41) is 0. The highest BCUT2D eigenvalue weighted by Gasteiger charge is 2.39. The van der Waals surface area contributed by atoms with Crippen LogP contribution >= 0.6 is 0 Å². The van der Waals surface area contributed by atoms with Gasteiger partial charge in [-0.3, -0.25) is 0 Å². The lowest BCUT2D eigenvalue weighted by Crippen LogP contribution is -2.46. The minimum absolute atomic E-state index is 0.244. The molecule has 19 heavy (non-hydrogen) atoms. The maximum atomic E-state index is 5.77. The molecule has 3 nitrogen and oxygen atoms in total. The molecule has 2 heterocycles. The van der Waals surface area contributed by atoms with Crippen molar-refractivity contribution < 1.29 is 9.47 Å². The fourth-order valence-corrected chi connectivity index (χ4v) is 3.14. The molecule has 0 N–H and O–H groups in total. The van der Waals surface area contributed by atoms with E-state index in [0.717, 1.165) is 45.7 Å². The summed E-state index contributed by atoms with van der Waals surface area (Å²) in [6.07, 6.45) is 2.02. The smallest absolute Gasteiger partial charge is 0.170 e. The third kappa shape index (κ3) is 2.99. The number of ether oxygens (including phenoxy) is 2. The van der Waals surface area contributed by atoms with E-state index in [9.17, 15) is 0 Å². The Bertz CT molecular complexity index is 390. The third-order valence-electron chi connectivity index (χ3n) is 4.33. The van der Waals surface area contributed by atoms with Crippen molar-refractivity contribution >= 4 is 0 Å². The summed E-state index contributed by atoms with van der Waals surface area (Å²) in [5.41, 5.74) is 1.43. The van der Waals surface area contributed by atoms with E-state index in [2.05, 4.69) is 42.2 Å². The first-order valence-corrected chi connectivity index (χ1v) is 7.33. The van der Waals surface area contributed by atoms with E-state index in [1.165, 1.54) is 5.56 Å². The van der Waals surface area contributed by atoms with Gasteiger partial charge in [-0.15, -0.1) is 0 Å². The predicted octanol–water partition coefficient (Wildman–Crippen LogP) is 2.63. The van der Waals surface area contributed by atoms with Crippen LogP contribution in [0.2, 0.25) is 0 Å². The van der Waals surface area contributed by atoms with Crippen LogP contribution in [-0.4, -0.2) is 43.5 Å². The van der Waals surface area contributed by atoms with Gasteiger partial charge in [-0.05, 0) is 11.5 Å². The fourth-order valence-electron chi connectivity index (χ4n) is 3.14. The number of likely N-dealkylation sites (tertiary alicyclic amines) is 1. The molecular formula is C16H23NO2. The molecule has 2 aliphatic rings. The Hall–Kier alpha value is -0.900. The number of hydrogen-bond acceptors (Lipinski definition) is 3. The standard InChI is InChI=1S/C16H23NO2/c1-14(15-5-3-2-4-6-15)13-17-9-7-16(8-10-17)18-11-12-19-16/h2-6,14H,7-13H2,1H3. The third-order valence-corrected chi connectivity index (χ3v) is 4.33. The van der Waals surface area contributed by atoms with E-state index in [-0.39, 0.29) is 5.79 Å². The topological polar surface area (TPSA) is 21.7 Å². The first kappa shape index (κ1) is 13.1. The van der Waals surface area contributed by atoms with E-state index >= 15 is 0 Å². The molecule has 0 radical (unpaired) electrons. The highest BCUT2D eigenvalue weighted by atomic mass is 16.7. The van der Waals surface area contributed by atoms with E-state index in [1.807, 2.05) is 0 Å². The Morgan fingerprint density at radius 3 is 2.37 bits per heavy atom. The number of hydrogen-bond donors (Lipinski definition) is 0. The minimum Gasteiger partial charge on any atom is -0.347 e. The van der Waals surface area contributed by atoms with Crippen LogP contribution in [0.3, 0.4) is 0 Å². The number of nitrogens with zero attached hydrogens (tertiary/aromatic N) is 1. The van der Waals surface area contributed by atoms with Crippen LogP contribution in [0.4, 0.5) is 0 Å². The molecule has 2 aliphatic heterocycles. The van der Waals surface area contributed by atoms with Crippen molar-refractivity contribution in [2.75, 3.05) is 32.8 Å². The molecule has 1 unspecified atom stereocenters. The summed E-state index contributed by atoms with van der Waals surface area (Å²) in [7, 11) is 0. The summed E-state index contributed by atoms with van der Waals surface area (Å²) in [5.74, 6) is 0.340. The van der Waals surface area contributed by atoms with Crippen molar-refractivity contribution in [3.63, 3.8) is 0 Å². The van der Waals surface area contributed by atoms with Gasteiger partial charge in [-0.2, -0.15) is 0 Å². The van der Waals surface area contributed by atoms with Crippen LogP contribution in [0, 0.1) is 0 Å². The molecular weight excluding hydrogens is 238 g/mol. The summed E-state index contributed by atoms with van der Waals surface area (Å²) in [4.78, 5) is 2.54. The second-order valence-corrected chi connectivity index (χ2v) is 5.72. The largest absolute Gasteiger partial charge is 0.347 e. The Labute approximate surface area is 115 Å². The van der Waals surface area contributed by atoms with Crippen LogP contribution in [0.25, 0.3) is 0 Å². The summed E-state index contributed by atoms with van der Waals surface area (Å²) >= 11 is 0. The van der Waals surface area contributed by atoms with Gasteiger partial charge < -0.3 is 14.4 Å². The lowest BCUT2D eigenvalue weighted by molar-refractivity contribution is -0.185. The molecule has 104 valence electrons. The number of piperidine rings is 1. The van der Waals surface area contributed by atoms with Gasteiger partial charge >= 0.3 is 0 Å². The SMILES string of the molecule is CC(CN1CCC2(CC1)OCCO2)c1ccccc1. The zero-order valence-electron chi connectivity index (χ0n) is 11.7. The molecule has 3 rings (SSSR count). The molecule has 0 amide bonds. The molecule has 1 aromatic carbocycles. The molecule has 0 aromatic heterocycles. The van der Waals surface area contributed by atoms with Crippen LogP contribution in [0.15, 0.2) is 30.3 Å². The van der Waals surface area contributed by atoms with Gasteiger partial charge in [0.05, 0.1) is 13.2 Å². The number of benzene rings is 1.